The van der Waals surface area contributed by atoms with Gasteiger partial charge in [0.1, 0.15) is 0 Å². The lowest BCUT2D eigenvalue weighted by molar-refractivity contribution is 1.18. The van der Waals surface area contributed by atoms with E-state index in [-0.39, 0.29) is 0 Å². The van der Waals surface area contributed by atoms with E-state index in [0.29, 0.717) is 0 Å². The Labute approximate surface area is 303 Å². The van der Waals surface area contributed by atoms with E-state index >= 15 is 0 Å². The Morgan fingerprint density at radius 2 is 0.765 bits per heavy atom. The van der Waals surface area contributed by atoms with Crippen LogP contribution in [0.2, 0.25) is 5.02 Å². The highest BCUT2D eigenvalue weighted by Crippen LogP contribution is 2.41. The van der Waals surface area contributed by atoms with Crippen LogP contribution >= 0.6 is 11.6 Å². The minimum absolute atomic E-state index is 0.730. The molecule has 0 saturated carbocycles. The average molecular weight is 673 g/mol. The van der Waals surface area contributed by atoms with Crippen LogP contribution in [0.1, 0.15) is 0 Å². The summed E-state index contributed by atoms with van der Waals surface area (Å²) in [7, 11) is 0. The van der Waals surface area contributed by atoms with E-state index in [1.54, 1.807) is 0 Å². The molecule has 1 heterocycles. The average Bonchev–Trinajstić information content (AvgIpc) is 3.53. The molecule has 0 saturated heterocycles. The first-order chi connectivity index (χ1) is 25.2. The fourth-order valence-corrected chi connectivity index (χ4v) is 7.36. The summed E-state index contributed by atoms with van der Waals surface area (Å²) in [5.74, 6) is 0. The monoisotopic (exact) mass is 672 g/mol. The van der Waals surface area contributed by atoms with Crippen LogP contribution < -0.4 is 4.90 Å². The zero-order valence-electron chi connectivity index (χ0n) is 27.8. The molecule has 0 aliphatic heterocycles. The summed E-state index contributed by atoms with van der Waals surface area (Å²) in [4.78, 5) is 2.36. The van der Waals surface area contributed by atoms with Crippen LogP contribution in [0.25, 0.3) is 60.9 Å². The number of nitrogens with zero attached hydrogens (tertiary/aromatic N) is 2. The van der Waals surface area contributed by atoms with Gasteiger partial charge in [-0.1, -0.05) is 133 Å². The molecular weight excluding hydrogens is 640 g/mol. The molecule has 2 nitrogen and oxygen atoms in total. The van der Waals surface area contributed by atoms with Gasteiger partial charge in [0, 0.05) is 38.5 Å². The summed E-state index contributed by atoms with van der Waals surface area (Å²) in [6, 6.07) is 71.1. The van der Waals surface area contributed by atoms with Crippen LogP contribution in [0.4, 0.5) is 17.1 Å². The lowest BCUT2D eigenvalue weighted by Crippen LogP contribution is -2.10. The number of aromatic nitrogens is 1. The Balaban J connectivity index is 1.23. The van der Waals surface area contributed by atoms with Crippen LogP contribution in [0.5, 0.6) is 0 Å². The topological polar surface area (TPSA) is 8.17 Å². The van der Waals surface area contributed by atoms with Crippen molar-refractivity contribution in [2.45, 2.75) is 0 Å². The minimum Gasteiger partial charge on any atom is -0.310 e. The van der Waals surface area contributed by atoms with Crippen molar-refractivity contribution < 1.29 is 0 Å². The van der Waals surface area contributed by atoms with Gasteiger partial charge in [-0.25, -0.2) is 0 Å². The van der Waals surface area contributed by atoms with Crippen molar-refractivity contribution in [1.29, 1.82) is 0 Å². The van der Waals surface area contributed by atoms with E-state index in [2.05, 4.69) is 191 Å². The first-order valence-corrected chi connectivity index (χ1v) is 17.6. The van der Waals surface area contributed by atoms with Gasteiger partial charge in [-0.3, -0.25) is 0 Å². The standard InChI is InChI=1S/C48H33ClN2/c49-40-16-10-15-38(31-40)39-23-29-47-45(32-39)46-33-44(28-30-48(46)51(47)41-17-8-3-9-18-41)50(42-24-19-36(20-25-42)34-11-4-1-5-12-34)43-26-21-37(22-27-43)35-13-6-2-7-14-35/h1-33H. The maximum atomic E-state index is 6.44. The van der Waals surface area contributed by atoms with Crippen LogP contribution in [0.3, 0.4) is 0 Å². The molecule has 3 heteroatoms. The highest BCUT2D eigenvalue weighted by Gasteiger charge is 2.18. The van der Waals surface area contributed by atoms with E-state index in [0.717, 1.165) is 49.9 Å². The second-order valence-corrected chi connectivity index (χ2v) is 13.2. The number of halogens is 1. The Hall–Kier alpha value is -6.35. The molecule has 9 aromatic rings. The number of rotatable bonds is 7. The lowest BCUT2D eigenvalue weighted by Gasteiger charge is -2.26. The molecule has 0 radical (unpaired) electrons. The van der Waals surface area contributed by atoms with Crippen LogP contribution in [0.15, 0.2) is 200 Å². The maximum Gasteiger partial charge on any atom is 0.0542 e. The minimum atomic E-state index is 0.730. The molecule has 0 spiro atoms. The summed E-state index contributed by atoms with van der Waals surface area (Å²) in [5.41, 5.74) is 13.7. The zero-order chi connectivity index (χ0) is 34.1. The van der Waals surface area contributed by atoms with Crippen molar-refractivity contribution in [3.63, 3.8) is 0 Å². The van der Waals surface area contributed by atoms with Crippen molar-refractivity contribution in [3.8, 4) is 39.1 Å². The molecule has 0 aliphatic rings. The Morgan fingerprint density at radius 1 is 0.333 bits per heavy atom. The highest BCUT2D eigenvalue weighted by molar-refractivity contribution is 6.30. The number of benzene rings is 8. The third kappa shape index (κ3) is 5.86. The quantitative estimate of drug-likeness (QED) is 0.164. The summed E-state index contributed by atoms with van der Waals surface area (Å²) in [6.45, 7) is 0. The summed E-state index contributed by atoms with van der Waals surface area (Å²) >= 11 is 6.44. The predicted octanol–water partition coefficient (Wildman–Crippen LogP) is 13.9. The molecule has 0 bridgehead atoms. The molecule has 0 N–H and O–H groups in total. The van der Waals surface area contributed by atoms with Gasteiger partial charge in [-0.15, -0.1) is 0 Å². The third-order valence-corrected chi connectivity index (χ3v) is 9.88. The van der Waals surface area contributed by atoms with Gasteiger partial charge in [0.05, 0.1) is 11.0 Å². The largest absolute Gasteiger partial charge is 0.310 e. The van der Waals surface area contributed by atoms with Gasteiger partial charge in [0.2, 0.25) is 0 Å². The Morgan fingerprint density at radius 3 is 1.33 bits per heavy atom. The number of fused-ring (bicyclic) bond motifs is 3. The molecule has 51 heavy (non-hydrogen) atoms. The van der Waals surface area contributed by atoms with Crippen molar-refractivity contribution in [2.75, 3.05) is 4.90 Å². The van der Waals surface area contributed by atoms with E-state index in [1.807, 2.05) is 18.2 Å². The number of anilines is 3. The van der Waals surface area contributed by atoms with Crippen molar-refractivity contribution in [2.24, 2.45) is 0 Å². The van der Waals surface area contributed by atoms with Crippen molar-refractivity contribution in [3.05, 3.63) is 205 Å². The first-order valence-electron chi connectivity index (χ1n) is 17.2. The molecule has 8 aromatic carbocycles. The molecule has 1 aromatic heterocycles. The lowest BCUT2D eigenvalue weighted by atomic mass is 10.0. The number of para-hydroxylation sites is 1. The predicted molar refractivity (Wildman–Crippen MR) is 217 cm³/mol. The van der Waals surface area contributed by atoms with Gasteiger partial charge < -0.3 is 9.47 Å². The van der Waals surface area contributed by atoms with E-state index in [9.17, 15) is 0 Å². The fraction of sp³-hybridized carbons (Fsp3) is 0. The first kappa shape index (κ1) is 30.7. The maximum absolute atomic E-state index is 6.44. The fourth-order valence-electron chi connectivity index (χ4n) is 7.17. The van der Waals surface area contributed by atoms with Gasteiger partial charge >= 0.3 is 0 Å². The molecule has 0 atom stereocenters. The second kappa shape index (κ2) is 13.2. The summed E-state index contributed by atoms with van der Waals surface area (Å²) in [5, 5.41) is 3.10. The molecule has 0 fully saturated rings. The molecular formula is C48H33ClN2. The van der Waals surface area contributed by atoms with Gasteiger partial charge in [0.15, 0.2) is 0 Å². The van der Waals surface area contributed by atoms with Gasteiger partial charge in [-0.2, -0.15) is 0 Å². The van der Waals surface area contributed by atoms with Crippen LogP contribution in [0, 0.1) is 0 Å². The second-order valence-electron chi connectivity index (χ2n) is 12.8. The smallest absolute Gasteiger partial charge is 0.0542 e. The number of hydrogen-bond donors (Lipinski definition) is 0. The molecule has 9 rings (SSSR count). The van der Waals surface area contributed by atoms with E-state index in [1.165, 1.54) is 33.0 Å². The molecule has 242 valence electrons. The Bertz CT molecular complexity index is 2530. The number of hydrogen-bond acceptors (Lipinski definition) is 1. The summed E-state index contributed by atoms with van der Waals surface area (Å²) < 4.78 is 2.36. The van der Waals surface area contributed by atoms with E-state index < -0.39 is 0 Å². The molecule has 0 unspecified atom stereocenters. The van der Waals surface area contributed by atoms with Crippen LogP contribution in [-0.2, 0) is 0 Å². The van der Waals surface area contributed by atoms with Gasteiger partial charge in [-0.05, 0) is 112 Å². The van der Waals surface area contributed by atoms with Crippen molar-refractivity contribution >= 4 is 50.5 Å². The SMILES string of the molecule is Clc1cccc(-c2ccc3c(c2)c2cc(N(c4ccc(-c5ccccc5)cc4)c4ccc(-c5ccccc5)cc4)ccc2n3-c2ccccc2)c1. The van der Waals surface area contributed by atoms with E-state index in [4.69, 9.17) is 11.6 Å². The highest BCUT2D eigenvalue weighted by atomic mass is 35.5. The summed E-state index contributed by atoms with van der Waals surface area (Å²) in [6.07, 6.45) is 0. The normalized spacial score (nSPS) is 11.2. The molecule has 0 aliphatic carbocycles. The Kier molecular flexibility index (Phi) is 7.92. The molecule has 0 amide bonds. The van der Waals surface area contributed by atoms with Crippen molar-refractivity contribution in [1.82, 2.24) is 4.57 Å². The van der Waals surface area contributed by atoms with Crippen LogP contribution in [-0.4, -0.2) is 4.57 Å². The van der Waals surface area contributed by atoms with Gasteiger partial charge in [0.25, 0.3) is 0 Å². The zero-order valence-corrected chi connectivity index (χ0v) is 28.6. The third-order valence-electron chi connectivity index (χ3n) is 9.64.